The van der Waals surface area contributed by atoms with Gasteiger partial charge in [-0.05, 0) is 24.6 Å². The molecule has 1 aromatic carbocycles. The Kier molecular flexibility index (Phi) is 2.74. The van der Waals surface area contributed by atoms with E-state index in [9.17, 15) is 9.59 Å². The van der Waals surface area contributed by atoms with Crippen LogP contribution in [0.1, 0.15) is 6.42 Å². The molecule has 0 bridgehead atoms. The number of hydrogen-bond acceptors (Lipinski definition) is 5. The van der Waals surface area contributed by atoms with Gasteiger partial charge in [0.05, 0.1) is 16.8 Å². The lowest BCUT2D eigenvalue weighted by molar-refractivity contribution is -0.123. The largest absolute Gasteiger partial charge is 0.345 e. The number of halogens is 1. The van der Waals surface area contributed by atoms with Crippen molar-refractivity contribution in [1.29, 1.82) is 0 Å². The highest BCUT2D eigenvalue weighted by atomic mass is 79.9. The van der Waals surface area contributed by atoms with Crippen molar-refractivity contribution in [2.75, 3.05) is 18.0 Å². The summed E-state index contributed by atoms with van der Waals surface area (Å²) in [5, 5.41) is 5.95. The van der Waals surface area contributed by atoms with Gasteiger partial charge in [0.25, 0.3) is 5.91 Å². The third-order valence-electron chi connectivity index (χ3n) is 3.89. The summed E-state index contributed by atoms with van der Waals surface area (Å²) in [4.78, 5) is 30.0. The summed E-state index contributed by atoms with van der Waals surface area (Å²) < 4.78 is 2.12. The molecule has 2 aromatic rings. The van der Waals surface area contributed by atoms with E-state index in [0.717, 1.165) is 19.8 Å². The maximum absolute atomic E-state index is 12.0. The number of nitrogens with one attached hydrogen (secondary N) is 2. The SMILES string of the molecule is O=C1NC(=O)C2(CCN(c3nc4ccc(Br)cc4s3)C2)N1. The second kappa shape index (κ2) is 4.41. The summed E-state index contributed by atoms with van der Waals surface area (Å²) in [6.07, 6.45) is 0.601. The van der Waals surface area contributed by atoms with Gasteiger partial charge in [-0.15, -0.1) is 0 Å². The standard InChI is InChI=1S/C13H11BrN4O2S/c14-7-1-2-8-9(5-7)21-12(15-8)18-4-3-13(6-18)10(19)16-11(20)17-13/h1-2,5H,3-4,6H2,(H2,16,17,19,20). The lowest BCUT2D eigenvalue weighted by atomic mass is 10.00. The van der Waals surface area contributed by atoms with Crippen LogP contribution < -0.4 is 15.5 Å². The lowest BCUT2D eigenvalue weighted by Gasteiger charge is -2.20. The van der Waals surface area contributed by atoms with Crippen LogP contribution in [0.3, 0.4) is 0 Å². The second-order valence-electron chi connectivity index (χ2n) is 5.27. The molecule has 2 saturated heterocycles. The Morgan fingerprint density at radius 3 is 3.00 bits per heavy atom. The van der Waals surface area contributed by atoms with E-state index in [1.165, 1.54) is 0 Å². The molecule has 6 nitrogen and oxygen atoms in total. The Hall–Kier alpha value is -1.67. The molecular weight excluding hydrogens is 356 g/mol. The van der Waals surface area contributed by atoms with Gasteiger partial charge in [-0.3, -0.25) is 10.1 Å². The van der Waals surface area contributed by atoms with Gasteiger partial charge in [-0.25, -0.2) is 9.78 Å². The number of amides is 3. The summed E-state index contributed by atoms with van der Waals surface area (Å²) in [6, 6.07) is 5.55. The Morgan fingerprint density at radius 2 is 2.24 bits per heavy atom. The predicted octanol–water partition coefficient (Wildman–Crippen LogP) is 1.85. The van der Waals surface area contributed by atoms with E-state index in [-0.39, 0.29) is 5.91 Å². The minimum Gasteiger partial charge on any atom is -0.345 e. The normalized spacial score (nSPS) is 24.9. The van der Waals surface area contributed by atoms with Gasteiger partial charge in [-0.2, -0.15) is 0 Å². The topological polar surface area (TPSA) is 74.3 Å². The maximum atomic E-state index is 12.0. The third kappa shape index (κ3) is 2.01. The number of rotatable bonds is 1. The van der Waals surface area contributed by atoms with Crippen LogP contribution in [0, 0.1) is 0 Å². The number of thiazole rings is 1. The summed E-state index contributed by atoms with van der Waals surface area (Å²) >= 11 is 5.05. The van der Waals surface area contributed by atoms with Crippen molar-refractivity contribution in [3.05, 3.63) is 22.7 Å². The number of aromatic nitrogens is 1. The molecule has 8 heteroatoms. The average molecular weight is 367 g/mol. The summed E-state index contributed by atoms with van der Waals surface area (Å²) in [5.74, 6) is -0.237. The Bertz CT molecular complexity index is 777. The number of urea groups is 1. The summed E-state index contributed by atoms with van der Waals surface area (Å²) in [5.41, 5.74) is 0.147. The van der Waals surface area contributed by atoms with E-state index in [2.05, 4.69) is 36.4 Å². The summed E-state index contributed by atoms with van der Waals surface area (Å²) in [6.45, 7) is 1.17. The number of imide groups is 1. The molecule has 4 rings (SSSR count). The molecule has 2 aliphatic heterocycles. The molecule has 1 aromatic heterocycles. The first-order chi connectivity index (χ1) is 10.1. The lowest BCUT2D eigenvalue weighted by Crippen LogP contribution is -2.49. The van der Waals surface area contributed by atoms with Gasteiger partial charge in [0, 0.05) is 11.0 Å². The number of benzene rings is 1. The minimum absolute atomic E-state index is 0.237. The van der Waals surface area contributed by atoms with Gasteiger partial charge in [0.1, 0.15) is 5.54 Å². The smallest absolute Gasteiger partial charge is 0.322 e. The molecule has 1 atom stereocenters. The second-order valence-corrected chi connectivity index (χ2v) is 7.20. The van der Waals surface area contributed by atoms with Gasteiger partial charge >= 0.3 is 6.03 Å². The van der Waals surface area contributed by atoms with Crippen LogP contribution in [-0.4, -0.2) is 35.6 Å². The highest BCUT2D eigenvalue weighted by molar-refractivity contribution is 9.10. The van der Waals surface area contributed by atoms with Gasteiger partial charge in [0.15, 0.2) is 5.13 Å². The predicted molar refractivity (Wildman–Crippen MR) is 83.6 cm³/mol. The van der Waals surface area contributed by atoms with E-state index in [4.69, 9.17) is 0 Å². The maximum Gasteiger partial charge on any atom is 0.322 e. The molecule has 1 spiro atoms. The minimum atomic E-state index is -0.796. The zero-order valence-electron chi connectivity index (χ0n) is 10.9. The monoisotopic (exact) mass is 366 g/mol. The van der Waals surface area contributed by atoms with Gasteiger partial charge in [-0.1, -0.05) is 27.3 Å². The molecule has 2 aliphatic rings. The van der Waals surface area contributed by atoms with Crippen LogP contribution >= 0.6 is 27.3 Å². The molecule has 108 valence electrons. The van der Waals surface area contributed by atoms with E-state index in [0.29, 0.717) is 19.5 Å². The molecule has 2 fully saturated rings. The quantitative estimate of drug-likeness (QED) is 0.755. The van der Waals surface area contributed by atoms with Gasteiger partial charge in [0.2, 0.25) is 0 Å². The fourth-order valence-corrected chi connectivity index (χ4v) is 4.35. The van der Waals surface area contributed by atoms with E-state index in [1.54, 1.807) is 11.3 Å². The van der Waals surface area contributed by atoms with E-state index in [1.807, 2.05) is 18.2 Å². The number of hydrogen-bond donors (Lipinski definition) is 2. The van der Waals surface area contributed by atoms with Crippen LogP contribution in [-0.2, 0) is 4.79 Å². The van der Waals surface area contributed by atoms with E-state index < -0.39 is 11.6 Å². The molecule has 3 heterocycles. The number of anilines is 1. The van der Waals surface area contributed by atoms with Crippen LogP contribution in [0.4, 0.5) is 9.93 Å². The summed E-state index contributed by atoms with van der Waals surface area (Å²) in [7, 11) is 0. The number of nitrogens with zero attached hydrogens (tertiary/aromatic N) is 2. The number of carbonyl (C=O) groups excluding carboxylic acids is 2. The van der Waals surface area contributed by atoms with Crippen LogP contribution in [0.2, 0.25) is 0 Å². The fraction of sp³-hybridized carbons (Fsp3) is 0.308. The Labute approximate surface area is 132 Å². The molecule has 0 aliphatic carbocycles. The Morgan fingerprint density at radius 1 is 1.38 bits per heavy atom. The Balaban J connectivity index is 1.65. The van der Waals surface area contributed by atoms with Crippen molar-refractivity contribution in [3.8, 4) is 0 Å². The molecule has 0 radical (unpaired) electrons. The highest BCUT2D eigenvalue weighted by Crippen LogP contribution is 2.35. The zero-order valence-corrected chi connectivity index (χ0v) is 13.3. The van der Waals surface area contributed by atoms with Crippen molar-refractivity contribution in [1.82, 2.24) is 15.6 Å². The van der Waals surface area contributed by atoms with Gasteiger partial charge < -0.3 is 10.2 Å². The fourth-order valence-electron chi connectivity index (χ4n) is 2.81. The first-order valence-electron chi connectivity index (χ1n) is 6.50. The molecule has 2 N–H and O–H groups in total. The van der Waals surface area contributed by atoms with E-state index >= 15 is 0 Å². The number of carbonyl (C=O) groups is 2. The third-order valence-corrected chi connectivity index (χ3v) is 5.47. The first-order valence-corrected chi connectivity index (χ1v) is 8.11. The van der Waals surface area contributed by atoms with Crippen LogP contribution in [0.15, 0.2) is 22.7 Å². The number of fused-ring (bicyclic) bond motifs is 1. The highest BCUT2D eigenvalue weighted by Gasteiger charge is 2.51. The van der Waals surface area contributed by atoms with Crippen LogP contribution in [0.25, 0.3) is 10.2 Å². The van der Waals surface area contributed by atoms with Crippen molar-refractivity contribution >= 4 is 54.6 Å². The van der Waals surface area contributed by atoms with Crippen molar-refractivity contribution in [2.24, 2.45) is 0 Å². The first kappa shape index (κ1) is 13.0. The molecule has 21 heavy (non-hydrogen) atoms. The molecular formula is C13H11BrN4O2S. The molecule has 3 amide bonds. The van der Waals surface area contributed by atoms with Crippen molar-refractivity contribution in [2.45, 2.75) is 12.0 Å². The van der Waals surface area contributed by atoms with Crippen molar-refractivity contribution < 1.29 is 9.59 Å². The zero-order chi connectivity index (χ0) is 14.6. The average Bonchev–Trinajstić information content (AvgIpc) is 3.08. The van der Waals surface area contributed by atoms with Crippen molar-refractivity contribution in [3.63, 3.8) is 0 Å². The molecule has 0 saturated carbocycles. The van der Waals surface area contributed by atoms with Crippen LogP contribution in [0.5, 0.6) is 0 Å². The molecule has 1 unspecified atom stereocenters.